The number of rotatable bonds is 5. The van der Waals surface area contributed by atoms with Gasteiger partial charge in [-0.2, -0.15) is 5.26 Å². The number of nitriles is 1. The smallest absolute Gasteiger partial charge is 0.272 e. The summed E-state index contributed by atoms with van der Waals surface area (Å²) in [5.74, 6) is -2.91. The number of likely N-dealkylation sites (tertiary alicyclic amines) is 1. The highest BCUT2D eigenvalue weighted by molar-refractivity contribution is 6.07. The van der Waals surface area contributed by atoms with Crippen LogP contribution in [0.4, 0.5) is 14.5 Å². The van der Waals surface area contributed by atoms with Crippen molar-refractivity contribution in [3.63, 3.8) is 0 Å². The van der Waals surface area contributed by atoms with E-state index in [0.29, 0.717) is 12.1 Å². The Hall–Kier alpha value is -4.39. The van der Waals surface area contributed by atoms with Crippen LogP contribution < -0.4 is 5.32 Å². The lowest BCUT2D eigenvalue weighted by molar-refractivity contribution is -0.136. The van der Waals surface area contributed by atoms with Gasteiger partial charge in [0, 0.05) is 43.2 Å². The fourth-order valence-corrected chi connectivity index (χ4v) is 5.65. The van der Waals surface area contributed by atoms with Crippen LogP contribution in [0.5, 0.6) is 0 Å². The lowest BCUT2D eigenvalue weighted by Gasteiger charge is -2.33. The highest BCUT2D eigenvalue weighted by atomic mass is 19.1. The Morgan fingerprint density at radius 3 is 2.69 bits per heavy atom. The standard InChI is InChI=1S/C29H27F2N5O3/c1-16(2)10-25(35(3)26(37)23-9-8-19-21(31)11-17(30)12-24(19)33-23)27(38)36-15-29(13-18(36)14-32)20-6-4-5-7-22(20)34-28(29)39/h4-9,11-12,16,18,25H,10,13,15H2,1-3H3,(H,34,39)/t18-,25-,29-/m0/s1. The van der Waals surface area contributed by atoms with Crippen molar-refractivity contribution in [2.75, 3.05) is 18.9 Å². The zero-order valence-electron chi connectivity index (χ0n) is 21.7. The van der Waals surface area contributed by atoms with E-state index in [1.807, 2.05) is 26.0 Å². The predicted octanol–water partition coefficient (Wildman–Crippen LogP) is 4.01. The van der Waals surface area contributed by atoms with Crippen LogP contribution in [0.15, 0.2) is 48.5 Å². The summed E-state index contributed by atoms with van der Waals surface area (Å²) in [4.78, 5) is 47.5. The van der Waals surface area contributed by atoms with Crippen molar-refractivity contribution in [1.82, 2.24) is 14.8 Å². The molecule has 0 unspecified atom stereocenters. The number of aromatic nitrogens is 1. The first kappa shape index (κ1) is 26.2. The van der Waals surface area contributed by atoms with E-state index >= 15 is 0 Å². The topological polar surface area (TPSA) is 106 Å². The van der Waals surface area contributed by atoms with E-state index in [4.69, 9.17) is 0 Å². The van der Waals surface area contributed by atoms with Crippen molar-refractivity contribution >= 4 is 34.3 Å². The molecule has 5 rings (SSSR count). The Bertz CT molecular complexity index is 1550. The number of amides is 3. The van der Waals surface area contributed by atoms with E-state index in [0.717, 1.165) is 17.7 Å². The highest BCUT2D eigenvalue weighted by Crippen LogP contribution is 2.46. The van der Waals surface area contributed by atoms with Gasteiger partial charge in [0.25, 0.3) is 5.91 Å². The minimum absolute atomic E-state index is 0.00885. The third kappa shape index (κ3) is 4.38. The maximum Gasteiger partial charge on any atom is 0.272 e. The Labute approximate surface area is 224 Å². The molecule has 2 aliphatic heterocycles. The van der Waals surface area contributed by atoms with E-state index in [2.05, 4.69) is 16.4 Å². The van der Waals surface area contributed by atoms with E-state index in [1.54, 1.807) is 12.1 Å². The summed E-state index contributed by atoms with van der Waals surface area (Å²) in [7, 11) is 1.47. The van der Waals surface area contributed by atoms with E-state index < -0.39 is 40.9 Å². The summed E-state index contributed by atoms with van der Waals surface area (Å²) >= 11 is 0. The van der Waals surface area contributed by atoms with Gasteiger partial charge in [0.05, 0.1) is 17.0 Å². The molecular formula is C29H27F2N5O3. The molecule has 1 fully saturated rings. The van der Waals surface area contributed by atoms with Gasteiger partial charge in [-0.15, -0.1) is 0 Å². The number of carbonyl (C=O) groups excluding carboxylic acids is 3. The van der Waals surface area contributed by atoms with Crippen LogP contribution in [0.3, 0.4) is 0 Å². The van der Waals surface area contributed by atoms with Gasteiger partial charge < -0.3 is 15.1 Å². The Morgan fingerprint density at radius 2 is 1.97 bits per heavy atom. The molecule has 1 spiro atoms. The number of likely N-dealkylation sites (N-methyl/N-ethyl adjacent to an activating group) is 1. The molecule has 0 saturated carbocycles. The van der Waals surface area contributed by atoms with Crippen LogP contribution in [0.1, 0.15) is 42.7 Å². The van der Waals surface area contributed by atoms with Crippen molar-refractivity contribution in [1.29, 1.82) is 5.26 Å². The number of benzene rings is 2. The van der Waals surface area contributed by atoms with Gasteiger partial charge in [0.1, 0.15) is 29.4 Å². The molecule has 0 radical (unpaired) electrons. The molecule has 3 atom stereocenters. The first-order valence-corrected chi connectivity index (χ1v) is 12.7. The second kappa shape index (κ2) is 9.73. The maximum absolute atomic E-state index is 14.1. The molecule has 200 valence electrons. The van der Waals surface area contributed by atoms with Crippen LogP contribution in [0.25, 0.3) is 10.9 Å². The second-order valence-electron chi connectivity index (χ2n) is 10.6. The number of para-hydroxylation sites is 1. The largest absolute Gasteiger partial charge is 0.328 e. The normalized spacial score (nSPS) is 20.7. The molecule has 1 aromatic heterocycles. The summed E-state index contributed by atoms with van der Waals surface area (Å²) in [5, 5.41) is 12.9. The monoisotopic (exact) mass is 531 g/mol. The SMILES string of the molecule is CC(C)C[C@@H](C(=O)N1C[C@]2(C[C@H]1C#N)C(=O)Nc1ccccc12)N(C)C(=O)c1ccc2c(F)cc(F)cc2n1. The molecule has 0 aliphatic carbocycles. The van der Waals surface area contributed by atoms with Crippen LogP contribution in [0.2, 0.25) is 0 Å². The number of hydrogen-bond donors (Lipinski definition) is 1. The van der Waals surface area contributed by atoms with Gasteiger partial charge in [-0.1, -0.05) is 32.0 Å². The second-order valence-corrected chi connectivity index (χ2v) is 10.6. The Morgan fingerprint density at radius 1 is 1.23 bits per heavy atom. The molecule has 10 heteroatoms. The quantitative estimate of drug-likeness (QED) is 0.536. The molecule has 3 heterocycles. The fraction of sp³-hybridized carbons (Fsp3) is 0.345. The summed E-state index contributed by atoms with van der Waals surface area (Å²) in [6.07, 6.45) is 0.440. The number of anilines is 1. The zero-order valence-corrected chi connectivity index (χ0v) is 21.7. The minimum Gasteiger partial charge on any atom is -0.328 e. The number of halogens is 2. The average molecular weight is 532 g/mol. The average Bonchev–Trinajstić information content (AvgIpc) is 3.43. The zero-order chi connectivity index (χ0) is 28.1. The molecule has 2 aliphatic rings. The molecule has 8 nitrogen and oxygen atoms in total. The van der Waals surface area contributed by atoms with E-state index in [-0.39, 0.29) is 41.4 Å². The van der Waals surface area contributed by atoms with Gasteiger partial charge >= 0.3 is 0 Å². The van der Waals surface area contributed by atoms with Crippen molar-refractivity contribution < 1.29 is 23.2 Å². The number of pyridine rings is 1. The van der Waals surface area contributed by atoms with Crippen molar-refractivity contribution in [2.24, 2.45) is 5.92 Å². The molecule has 0 bridgehead atoms. The van der Waals surface area contributed by atoms with E-state index in [1.165, 1.54) is 29.0 Å². The molecule has 39 heavy (non-hydrogen) atoms. The van der Waals surface area contributed by atoms with Crippen molar-refractivity contribution in [3.05, 3.63) is 71.4 Å². The van der Waals surface area contributed by atoms with Crippen LogP contribution in [-0.2, 0) is 15.0 Å². The predicted molar refractivity (Wildman–Crippen MR) is 139 cm³/mol. The lowest BCUT2D eigenvalue weighted by Crippen LogP contribution is -2.52. The van der Waals surface area contributed by atoms with Crippen LogP contribution in [0, 0.1) is 28.9 Å². The van der Waals surface area contributed by atoms with Gasteiger partial charge in [0.2, 0.25) is 11.8 Å². The summed E-state index contributed by atoms with van der Waals surface area (Å²) in [6, 6.07) is 12.1. The van der Waals surface area contributed by atoms with Crippen molar-refractivity contribution in [2.45, 2.75) is 44.2 Å². The first-order chi connectivity index (χ1) is 18.6. The Kier molecular flexibility index (Phi) is 6.54. The van der Waals surface area contributed by atoms with Crippen LogP contribution in [-0.4, -0.2) is 58.2 Å². The number of nitrogens with zero attached hydrogens (tertiary/aromatic N) is 4. The van der Waals surface area contributed by atoms with Gasteiger partial charge in [-0.25, -0.2) is 13.8 Å². The summed E-state index contributed by atoms with van der Waals surface area (Å²) < 4.78 is 27.9. The third-order valence-corrected chi connectivity index (χ3v) is 7.62. The molecule has 3 amide bonds. The molecule has 3 aromatic rings. The maximum atomic E-state index is 14.1. The molecule has 1 N–H and O–H groups in total. The number of nitrogens with one attached hydrogen (secondary N) is 1. The number of fused-ring (bicyclic) bond motifs is 3. The summed E-state index contributed by atoms with van der Waals surface area (Å²) in [5.41, 5.74) is 0.266. The third-order valence-electron chi connectivity index (χ3n) is 7.62. The minimum atomic E-state index is -1.05. The van der Waals surface area contributed by atoms with Gasteiger partial charge in [-0.05, 0) is 36.1 Å². The number of hydrogen-bond acceptors (Lipinski definition) is 5. The fourth-order valence-electron chi connectivity index (χ4n) is 5.65. The molecule has 2 aromatic carbocycles. The number of carbonyl (C=O) groups is 3. The highest BCUT2D eigenvalue weighted by Gasteiger charge is 2.56. The van der Waals surface area contributed by atoms with Gasteiger partial charge in [0.15, 0.2) is 0 Å². The van der Waals surface area contributed by atoms with E-state index in [9.17, 15) is 28.4 Å². The van der Waals surface area contributed by atoms with Gasteiger partial charge in [-0.3, -0.25) is 14.4 Å². The first-order valence-electron chi connectivity index (χ1n) is 12.7. The Balaban J connectivity index is 1.46. The lowest BCUT2D eigenvalue weighted by atomic mass is 9.80. The molecular weight excluding hydrogens is 504 g/mol. The molecule has 1 saturated heterocycles. The summed E-state index contributed by atoms with van der Waals surface area (Å²) in [6.45, 7) is 3.83. The van der Waals surface area contributed by atoms with Crippen molar-refractivity contribution in [3.8, 4) is 6.07 Å². The van der Waals surface area contributed by atoms with Crippen LogP contribution >= 0.6 is 0 Å².